The van der Waals surface area contributed by atoms with Crippen LogP contribution in [0.15, 0.2) is 48.5 Å². The van der Waals surface area contributed by atoms with Crippen molar-refractivity contribution in [2.75, 3.05) is 0 Å². The van der Waals surface area contributed by atoms with Crippen LogP contribution in [-0.2, 0) is 4.79 Å². The van der Waals surface area contributed by atoms with Crippen LogP contribution >= 0.6 is 11.6 Å². The van der Waals surface area contributed by atoms with Gasteiger partial charge in [0, 0.05) is 17.2 Å². The van der Waals surface area contributed by atoms with Crippen LogP contribution in [0, 0.1) is 12.7 Å². The fourth-order valence-corrected chi connectivity index (χ4v) is 1.99. The summed E-state index contributed by atoms with van der Waals surface area (Å²) < 4.78 is 13.5. The highest BCUT2D eigenvalue weighted by atomic mass is 35.5. The summed E-state index contributed by atoms with van der Waals surface area (Å²) in [5.41, 5.74) is 6.02. The van der Waals surface area contributed by atoms with Gasteiger partial charge < -0.3 is 0 Å². The average molecular weight is 333 g/mol. The first-order valence-corrected chi connectivity index (χ1v) is 7.14. The lowest BCUT2D eigenvalue weighted by Gasteiger charge is -2.05. The molecule has 0 atom stereocenters. The van der Waals surface area contributed by atoms with Gasteiger partial charge in [-0.25, -0.2) is 4.39 Å². The molecule has 0 aliphatic carbocycles. The van der Waals surface area contributed by atoms with Crippen LogP contribution < -0.4 is 10.9 Å². The number of nitrogens with one attached hydrogen (secondary N) is 2. The molecule has 0 aromatic heterocycles. The minimum Gasteiger partial charge on any atom is -0.268 e. The summed E-state index contributed by atoms with van der Waals surface area (Å²) in [5.74, 6) is -1.59. The van der Waals surface area contributed by atoms with Crippen molar-refractivity contribution in [1.82, 2.24) is 10.9 Å². The van der Waals surface area contributed by atoms with Gasteiger partial charge in [-0.15, -0.1) is 0 Å². The Morgan fingerprint density at radius 3 is 2.43 bits per heavy atom. The third-order valence-electron chi connectivity index (χ3n) is 3.01. The van der Waals surface area contributed by atoms with Crippen LogP contribution in [0.1, 0.15) is 21.5 Å². The summed E-state index contributed by atoms with van der Waals surface area (Å²) in [6.07, 6.45) is 2.32. The van der Waals surface area contributed by atoms with Gasteiger partial charge in [0.15, 0.2) is 0 Å². The molecule has 4 nitrogen and oxygen atoms in total. The third-order valence-corrected chi connectivity index (χ3v) is 3.34. The Labute approximate surface area is 137 Å². The maximum atomic E-state index is 13.5. The number of halogens is 2. The molecule has 0 saturated heterocycles. The van der Waals surface area contributed by atoms with E-state index in [-0.39, 0.29) is 10.6 Å². The van der Waals surface area contributed by atoms with Crippen molar-refractivity contribution in [2.45, 2.75) is 6.92 Å². The highest BCUT2D eigenvalue weighted by Gasteiger charge is 2.06. The molecule has 2 aromatic rings. The molecule has 23 heavy (non-hydrogen) atoms. The molecule has 118 valence electrons. The zero-order valence-corrected chi connectivity index (χ0v) is 13.0. The van der Waals surface area contributed by atoms with Gasteiger partial charge in [0.05, 0.1) is 5.02 Å². The second-order valence-corrected chi connectivity index (χ2v) is 5.19. The Morgan fingerprint density at radius 2 is 1.78 bits per heavy atom. The summed E-state index contributed by atoms with van der Waals surface area (Å²) in [5, 5.41) is 0.192. The first kappa shape index (κ1) is 16.7. The highest BCUT2D eigenvalue weighted by molar-refractivity contribution is 6.32. The second-order valence-electron chi connectivity index (χ2n) is 4.78. The number of hydrogen-bond donors (Lipinski definition) is 2. The van der Waals surface area contributed by atoms with E-state index in [9.17, 15) is 14.0 Å². The lowest BCUT2D eigenvalue weighted by molar-refractivity contribution is -0.117. The SMILES string of the molecule is Cc1ccc(C(=O)NNC(=O)/C=C/c2c(F)cccc2Cl)cc1. The lowest BCUT2D eigenvalue weighted by atomic mass is 10.1. The largest absolute Gasteiger partial charge is 0.269 e. The van der Waals surface area contributed by atoms with Crippen LogP contribution in [0.3, 0.4) is 0 Å². The van der Waals surface area contributed by atoms with E-state index in [1.54, 1.807) is 24.3 Å². The maximum absolute atomic E-state index is 13.5. The summed E-state index contributed by atoms with van der Waals surface area (Å²) >= 11 is 5.84. The molecular formula is C17H14ClFN2O2. The molecule has 2 amide bonds. The van der Waals surface area contributed by atoms with E-state index in [0.29, 0.717) is 5.56 Å². The van der Waals surface area contributed by atoms with Crippen molar-refractivity contribution < 1.29 is 14.0 Å². The molecule has 2 N–H and O–H groups in total. The van der Waals surface area contributed by atoms with Crippen LogP contribution in [0.25, 0.3) is 6.08 Å². The molecule has 0 bridgehead atoms. The minimum atomic E-state index is -0.607. The summed E-state index contributed by atoms with van der Waals surface area (Å²) in [6, 6.07) is 11.1. The number of carbonyl (C=O) groups excluding carboxylic acids is 2. The van der Waals surface area contributed by atoms with Gasteiger partial charge in [-0.2, -0.15) is 0 Å². The van der Waals surface area contributed by atoms with Crippen molar-refractivity contribution in [3.8, 4) is 0 Å². The molecule has 0 aliphatic rings. The molecule has 0 spiro atoms. The zero-order chi connectivity index (χ0) is 16.8. The van der Waals surface area contributed by atoms with Gasteiger partial charge in [0.25, 0.3) is 11.8 Å². The fourth-order valence-electron chi connectivity index (χ4n) is 1.77. The smallest absolute Gasteiger partial charge is 0.268 e. The van der Waals surface area contributed by atoms with Gasteiger partial charge in [0.2, 0.25) is 0 Å². The lowest BCUT2D eigenvalue weighted by Crippen LogP contribution is -2.40. The number of hydrogen-bond acceptors (Lipinski definition) is 2. The molecule has 0 unspecified atom stereocenters. The summed E-state index contributed by atoms with van der Waals surface area (Å²) in [4.78, 5) is 23.5. The predicted molar refractivity (Wildman–Crippen MR) is 87.2 cm³/mol. The van der Waals surface area contributed by atoms with Gasteiger partial charge in [-0.1, -0.05) is 35.4 Å². The van der Waals surface area contributed by atoms with Gasteiger partial charge in [-0.05, 0) is 37.3 Å². The van der Waals surface area contributed by atoms with Crippen molar-refractivity contribution >= 4 is 29.5 Å². The van der Waals surface area contributed by atoms with E-state index >= 15 is 0 Å². The maximum Gasteiger partial charge on any atom is 0.269 e. The topological polar surface area (TPSA) is 58.2 Å². The fraction of sp³-hybridized carbons (Fsp3) is 0.0588. The molecule has 0 heterocycles. The molecule has 0 aliphatic heterocycles. The Bertz CT molecular complexity index is 737. The van der Waals surface area contributed by atoms with Crippen molar-refractivity contribution in [2.24, 2.45) is 0 Å². The normalized spacial score (nSPS) is 10.6. The third kappa shape index (κ3) is 4.66. The molecule has 2 rings (SSSR count). The molecular weight excluding hydrogens is 319 g/mol. The van der Waals surface area contributed by atoms with Crippen molar-refractivity contribution in [3.05, 3.63) is 76.1 Å². The first-order valence-electron chi connectivity index (χ1n) is 6.76. The van der Waals surface area contributed by atoms with E-state index in [4.69, 9.17) is 11.6 Å². The number of rotatable bonds is 3. The van der Waals surface area contributed by atoms with Crippen molar-refractivity contribution in [1.29, 1.82) is 0 Å². The molecule has 0 saturated carbocycles. The quantitative estimate of drug-likeness (QED) is 0.669. The van der Waals surface area contributed by atoms with Gasteiger partial charge >= 0.3 is 0 Å². The zero-order valence-electron chi connectivity index (χ0n) is 12.3. The van der Waals surface area contributed by atoms with Crippen LogP contribution in [-0.4, -0.2) is 11.8 Å². The van der Waals surface area contributed by atoms with Gasteiger partial charge in [0.1, 0.15) is 5.82 Å². The standard InChI is InChI=1S/C17H14ClFN2O2/c1-11-5-7-12(8-6-11)17(23)21-20-16(22)10-9-13-14(18)3-2-4-15(13)19/h2-10H,1H3,(H,20,22)(H,21,23)/b10-9+. The van der Waals surface area contributed by atoms with E-state index in [1.807, 2.05) is 6.92 Å². The highest BCUT2D eigenvalue weighted by Crippen LogP contribution is 2.20. The van der Waals surface area contributed by atoms with Crippen LogP contribution in [0.4, 0.5) is 4.39 Å². The number of aryl methyl sites for hydroxylation is 1. The number of hydrazine groups is 1. The molecule has 6 heteroatoms. The monoisotopic (exact) mass is 332 g/mol. The Hall–Kier alpha value is -2.66. The van der Waals surface area contributed by atoms with Crippen molar-refractivity contribution in [3.63, 3.8) is 0 Å². The molecule has 0 fully saturated rings. The summed E-state index contributed by atoms with van der Waals surface area (Å²) in [6.45, 7) is 1.90. The van der Waals surface area contributed by atoms with E-state index in [2.05, 4.69) is 10.9 Å². The molecule has 2 aromatic carbocycles. The van der Waals surface area contributed by atoms with Crippen LogP contribution in [0.5, 0.6) is 0 Å². The minimum absolute atomic E-state index is 0.106. The first-order chi connectivity index (χ1) is 11.0. The van der Waals surface area contributed by atoms with E-state index in [1.165, 1.54) is 24.3 Å². The number of carbonyl (C=O) groups is 2. The predicted octanol–water partition coefficient (Wildman–Crippen LogP) is 3.26. The molecule has 0 radical (unpaired) electrons. The number of amides is 2. The Kier molecular flexibility index (Phi) is 5.49. The average Bonchev–Trinajstić information content (AvgIpc) is 2.53. The van der Waals surface area contributed by atoms with E-state index in [0.717, 1.165) is 11.6 Å². The van der Waals surface area contributed by atoms with Crippen LogP contribution in [0.2, 0.25) is 5.02 Å². The second kappa shape index (κ2) is 7.56. The Morgan fingerprint density at radius 1 is 1.09 bits per heavy atom. The summed E-state index contributed by atoms with van der Waals surface area (Å²) in [7, 11) is 0. The van der Waals surface area contributed by atoms with Gasteiger partial charge in [-0.3, -0.25) is 20.4 Å². The number of benzene rings is 2. The Balaban J connectivity index is 1.93. The van der Waals surface area contributed by atoms with E-state index < -0.39 is 17.6 Å².